The van der Waals surface area contributed by atoms with E-state index >= 15 is 0 Å². The van der Waals surface area contributed by atoms with Crippen LogP contribution in [-0.2, 0) is 27.9 Å². The lowest BCUT2D eigenvalue weighted by atomic mass is 9.71. The summed E-state index contributed by atoms with van der Waals surface area (Å²) in [5.41, 5.74) is 10.0. The molecule has 3 amide bonds. The number of aromatic nitrogens is 3. The van der Waals surface area contributed by atoms with Crippen molar-refractivity contribution in [3.63, 3.8) is 0 Å². The van der Waals surface area contributed by atoms with Gasteiger partial charge < -0.3 is 25.2 Å². The minimum atomic E-state index is -0.429. The van der Waals surface area contributed by atoms with Gasteiger partial charge in [0.05, 0.1) is 41.5 Å². The van der Waals surface area contributed by atoms with Crippen molar-refractivity contribution in [1.29, 1.82) is 0 Å². The molecule has 14 nitrogen and oxygen atoms in total. The molecule has 3 fully saturated rings. The lowest BCUT2D eigenvalue weighted by Gasteiger charge is -2.55. The number of anilines is 3. The molecule has 10 rings (SSSR count). The SMILES string of the molecule is Cc1c(C2=CC3=NC(Nc4ccc(CC(=O)N5CCC6(CC5)CN(c5cccc7c(C8CCC(=O)NC8=O)nn(C)c57)C6)cc4)=NCC3C=C2)cnc2c1NCCO2. The fraction of sp³-hybridized carbons (Fsp3) is 0.386. The maximum absolute atomic E-state index is 13.5. The molecule has 0 saturated carbocycles. The molecule has 296 valence electrons. The number of hydrogen-bond acceptors (Lipinski definition) is 11. The van der Waals surface area contributed by atoms with Gasteiger partial charge in [0.1, 0.15) is 12.3 Å². The number of guanidine groups is 1. The Morgan fingerprint density at radius 2 is 1.91 bits per heavy atom. The van der Waals surface area contributed by atoms with Gasteiger partial charge in [-0.05, 0) is 67.2 Å². The number of imide groups is 1. The van der Waals surface area contributed by atoms with E-state index in [0.29, 0.717) is 44.3 Å². The third kappa shape index (κ3) is 6.49. The molecule has 1 spiro atoms. The molecule has 5 aliphatic heterocycles. The van der Waals surface area contributed by atoms with E-state index in [1.165, 1.54) is 0 Å². The highest BCUT2D eigenvalue weighted by atomic mass is 16.5. The van der Waals surface area contributed by atoms with E-state index in [1.807, 2.05) is 59.2 Å². The largest absolute Gasteiger partial charge is 0.474 e. The molecule has 7 heterocycles. The number of fused-ring (bicyclic) bond motifs is 3. The quantitative estimate of drug-likeness (QED) is 0.235. The van der Waals surface area contributed by atoms with Crippen LogP contribution in [0.5, 0.6) is 5.88 Å². The summed E-state index contributed by atoms with van der Waals surface area (Å²) >= 11 is 0. The molecule has 0 bridgehead atoms. The van der Waals surface area contributed by atoms with E-state index in [9.17, 15) is 14.4 Å². The average molecular weight is 779 g/mol. The van der Waals surface area contributed by atoms with E-state index in [0.717, 1.165) is 107 Å². The third-order valence-electron chi connectivity index (χ3n) is 12.7. The second-order valence-electron chi connectivity index (χ2n) is 16.4. The minimum absolute atomic E-state index is 0.131. The number of aryl methyl sites for hydroxylation is 1. The van der Waals surface area contributed by atoms with E-state index in [4.69, 9.17) is 19.8 Å². The van der Waals surface area contributed by atoms with Gasteiger partial charge in [0.25, 0.3) is 0 Å². The van der Waals surface area contributed by atoms with Crippen molar-refractivity contribution in [3.8, 4) is 5.88 Å². The normalized spacial score (nSPS) is 22.1. The van der Waals surface area contributed by atoms with Gasteiger partial charge in [0, 0.05) is 80.4 Å². The van der Waals surface area contributed by atoms with Crippen LogP contribution in [0.3, 0.4) is 0 Å². The summed E-state index contributed by atoms with van der Waals surface area (Å²) < 4.78 is 7.59. The van der Waals surface area contributed by atoms with Gasteiger partial charge in [-0.25, -0.2) is 9.98 Å². The highest BCUT2D eigenvalue weighted by molar-refractivity contribution is 6.15. The van der Waals surface area contributed by atoms with Crippen molar-refractivity contribution in [2.24, 2.45) is 28.4 Å². The second kappa shape index (κ2) is 14.3. The second-order valence-corrected chi connectivity index (χ2v) is 16.4. The van der Waals surface area contributed by atoms with Crippen LogP contribution < -0.4 is 25.6 Å². The van der Waals surface area contributed by atoms with Gasteiger partial charge in [-0.2, -0.15) is 5.10 Å². The van der Waals surface area contributed by atoms with Crippen molar-refractivity contribution in [1.82, 2.24) is 25.0 Å². The number of ether oxygens (including phenoxy) is 1. The fourth-order valence-corrected chi connectivity index (χ4v) is 9.40. The van der Waals surface area contributed by atoms with E-state index in [1.54, 1.807) is 0 Å². The maximum Gasteiger partial charge on any atom is 0.237 e. The molecule has 14 heteroatoms. The monoisotopic (exact) mass is 778 g/mol. The van der Waals surface area contributed by atoms with Crippen molar-refractivity contribution in [2.45, 2.75) is 44.9 Å². The molecule has 2 unspecified atom stereocenters. The predicted octanol–water partition coefficient (Wildman–Crippen LogP) is 4.76. The maximum atomic E-state index is 13.5. The highest BCUT2D eigenvalue weighted by Gasteiger charge is 2.46. The Bertz CT molecular complexity index is 2480. The Morgan fingerprint density at radius 1 is 1.09 bits per heavy atom. The van der Waals surface area contributed by atoms with E-state index < -0.39 is 5.92 Å². The van der Waals surface area contributed by atoms with Crippen LogP contribution in [-0.4, -0.2) is 94.9 Å². The Labute approximate surface area is 336 Å². The number of nitrogens with zero attached hydrogens (tertiary/aromatic N) is 7. The van der Waals surface area contributed by atoms with Crippen LogP contribution in [0.25, 0.3) is 16.5 Å². The number of likely N-dealkylation sites (tertiary alicyclic amines) is 1. The zero-order valence-electron chi connectivity index (χ0n) is 32.8. The van der Waals surface area contributed by atoms with Crippen LogP contribution in [0.1, 0.15) is 54.0 Å². The van der Waals surface area contributed by atoms with E-state index in [-0.39, 0.29) is 29.1 Å². The van der Waals surface area contributed by atoms with Crippen LogP contribution in [0.2, 0.25) is 0 Å². The number of para-hydroxylation sites is 1. The van der Waals surface area contributed by atoms with Crippen molar-refractivity contribution >= 4 is 62.9 Å². The summed E-state index contributed by atoms with van der Waals surface area (Å²) in [7, 11) is 1.92. The number of benzene rings is 2. The standard InChI is InChI=1S/C44H46N10O4/c1-26-33(23-46-42-38(26)45-16-19-58-42)28-8-9-29-22-47-43(49-34(29)21-28)48-30-10-6-27(7-11-30)20-37(56)53-17-14-44(15-18-53)24-54(25-44)35-5-3-4-31-39(51-52(2)40(31)35)32-12-13-36(55)50-41(32)57/h3-11,21,23,29,32,45H,12-20,22,24-25H2,1-2H3,(H,47,48)(H,50,55,57). The lowest BCUT2D eigenvalue weighted by molar-refractivity contribution is -0.135. The summed E-state index contributed by atoms with van der Waals surface area (Å²) in [6, 6.07) is 14.2. The van der Waals surface area contributed by atoms with Crippen LogP contribution in [0.4, 0.5) is 17.1 Å². The van der Waals surface area contributed by atoms with E-state index in [2.05, 4.69) is 57.1 Å². The number of rotatable bonds is 6. The predicted molar refractivity (Wildman–Crippen MR) is 223 cm³/mol. The Kier molecular flexibility index (Phi) is 8.86. The molecule has 2 atom stereocenters. The Balaban J connectivity index is 0.732. The van der Waals surface area contributed by atoms with Crippen molar-refractivity contribution < 1.29 is 19.1 Å². The molecular weight excluding hydrogens is 733 g/mol. The first kappa shape index (κ1) is 36.1. The molecule has 3 saturated heterocycles. The van der Waals surface area contributed by atoms with Crippen molar-refractivity contribution in [3.05, 3.63) is 89.3 Å². The third-order valence-corrected chi connectivity index (χ3v) is 12.7. The summed E-state index contributed by atoms with van der Waals surface area (Å²) in [5, 5.41) is 15.0. The molecule has 0 radical (unpaired) electrons. The minimum Gasteiger partial charge on any atom is -0.474 e. The summed E-state index contributed by atoms with van der Waals surface area (Å²) in [4.78, 5) is 56.5. The molecule has 58 heavy (non-hydrogen) atoms. The zero-order valence-corrected chi connectivity index (χ0v) is 32.8. The molecular formula is C44H46N10O4. The van der Waals surface area contributed by atoms with Crippen LogP contribution in [0, 0.1) is 18.3 Å². The van der Waals surface area contributed by atoms with Crippen LogP contribution in [0.15, 0.2) is 76.9 Å². The van der Waals surface area contributed by atoms with Gasteiger partial charge in [-0.3, -0.25) is 29.4 Å². The van der Waals surface area contributed by atoms with Crippen LogP contribution >= 0.6 is 0 Å². The molecule has 6 aliphatic rings. The Hall–Kier alpha value is -6.31. The van der Waals surface area contributed by atoms with Gasteiger partial charge in [0.2, 0.25) is 29.6 Å². The number of allylic oxidation sites excluding steroid dienone is 3. The van der Waals surface area contributed by atoms with Crippen molar-refractivity contribution in [2.75, 3.05) is 61.4 Å². The number of piperidine rings is 2. The van der Waals surface area contributed by atoms with Gasteiger partial charge in [-0.1, -0.05) is 36.4 Å². The number of hydrogen-bond donors (Lipinski definition) is 3. The first-order valence-electron chi connectivity index (χ1n) is 20.3. The lowest BCUT2D eigenvalue weighted by Crippen LogP contribution is -2.61. The molecule has 2 aromatic carbocycles. The first-order valence-corrected chi connectivity index (χ1v) is 20.3. The summed E-state index contributed by atoms with van der Waals surface area (Å²) in [6.07, 6.45) is 11.4. The number of carbonyl (C=O) groups is 3. The van der Waals surface area contributed by atoms with Gasteiger partial charge in [-0.15, -0.1) is 0 Å². The summed E-state index contributed by atoms with van der Waals surface area (Å²) in [5.74, 6) is 0.586. The number of carbonyl (C=O) groups excluding carboxylic acids is 3. The number of aliphatic imine (C=N–C) groups is 2. The number of pyridine rings is 1. The number of amides is 3. The summed E-state index contributed by atoms with van der Waals surface area (Å²) in [6.45, 7) is 7.44. The fourth-order valence-electron chi connectivity index (χ4n) is 9.40. The molecule has 2 aromatic heterocycles. The number of nitrogens with one attached hydrogen (secondary N) is 3. The molecule has 1 aliphatic carbocycles. The molecule has 4 aromatic rings. The van der Waals surface area contributed by atoms with Gasteiger partial charge in [0.15, 0.2) is 0 Å². The topological polar surface area (TPSA) is 158 Å². The Morgan fingerprint density at radius 3 is 2.72 bits per heavy atom. The highest BCUT2D eigenvalue weighted by Crippen LogP contribution is 2.45. The average Bonchev–Trinajstić information content (AvgIpc) is 3.56. The van der Waals surface area contributed by atoms with Gasteiger partial charge >= 0.3 is 0 Å². The first-order chi connectivity index (χ1) is 28.2. The zero-order chi connectivity index (χ0) is 39.5. The molecule has 3 N–H and O–H groups in total. The smallest absolute Gasteiger partial charge is 0.237 e.